The molecule has 2 aliphatic rings. The zero-order valence-corrected chi connectivity index (χ0v) is 16.6. The van der Waals surface area contributed by atoms with Crippen LogP contribution < -0.4 is 10.6 Å². The second kappa shape index (κ2) is 6.98. The van der Waals surface area contributed by atoms with E-state index >= 15 is 0 Å². The lowest BCUT2D eigenvalue weighted by atomic mass is 10.1. The molecule has 0 aliphatic heterocycles. The van der Waals surface area contributed by atoms with Crippen LogP contribution >= 0.6 is 0 Å². The number of alkyl halides is 3. The summed E-state index contributed by atoms with van der Waals surface area (Å²) in [4.78, 5) is 16.6. The lowest BCUT2D eigenvalue weighted by molar-refractivity contribution is -0.115. The first-order chi connectivity index (χ1) is 15.1. The second-order valence-electron chi connectivity index (χ2n) is 8.06. The Kier molecular flexibility index (Phi) is 4.55. The van der Waals surface area contributed by atoms with E-state index in [1.807, 2.05) is 0 Å². The van der Waals surface area contributed by atoms with Crippen LogP contribution in [0.5, 0.6) is 0 Å². The minimum atomic E-state index is -4.47. The van der Waals surface area contributed by atoms with Crippen molar-refractivity contribution in [3.63, 3.8) is 0 Å². The van der Waals surface area contributed by atoms with Crippen LogP contribution in [0.1, 0.15) is 12.1 Å². The summed E-state index contributed by atoms with van der Waals surface area (Å²) in [6.07, 6.45) is -3.53. The van der Waals surface area contributed by atoms with E-state index in [0.29, 0.717) is 16.7 Å². The number of oxazole rings is 1. The maximum Gasteiger partial charge on any atom is 0.405 e. The van der Waals surface area contributed by atoms with Crippen molar-refractivity contribution >= 4 is 22.9 Å². The Morgan fingerprint density at radius 2 is 2.00 bits per heavy atom. The normalized spacial score (nSPS) is 29.2. The summed E-state index contributed by atoms with van der Waals surface area (Å²) in [5.41, 5.74) is -0.131. The molecule has 0 amide bonds. The van der Waals surface area contributed by atoms with Gasteiger partial charge >= 0.3 is 6.18 Å². The lowest BCUT2D eigenvalue weighted by Crippen LogP contribution is -2.42. The molecule has 0 spiro atoms. The molecule has 3 aromatic rings. The Morgan fingerprint density at radius 3 is 2.66 bits per heavy atom. The molecule has 0 saturated heterocycles. The molecule has 10 nitrogen and oxygen atoms in total. The zero-order chi connectivity index (χ0) is 22.8. The van der Waals surface area contributed by atoms with Crippen LogP contribution in [0, 0.1) is 12.8 Å². The predicted molar refractivity (Wildman–Crippen MR) is 105 cm³/mol. The van der Waals surface area contributed by atoms with Crippen molar-refractivity contribution in [2.24, 2.45) is 5.92 Å². The van der Waals surface area contributed by atoms with Crippen molar-refractivity contribution in [3.8, 4) is 11.5 Å². The van der Waals surface area contributed by atoms with Gasteiger partial charge in [0.15, 0.2) is 5.58 Å². The van der Waals surface area contributed by atoms with Crippen LogP contribution in [0.25, 0.3) is 22.6 Å². The predicted octanol–water partition coefficient (Wildman–Crippen LogP) is 1.23. The molecule has 1 unspecified atom stereocenters. The Labute approximate surface area is 178 Å². The van der Waals surface area contributed by atoms with Crippen LogP contribution in [0.15, 0.2) is 22.9 Å². The molecule has 2 fully saturated rings. The zero-order valence-electron chi connectivity index (χ0n) is 16.6. The van der Waals surface area contributed by atoms with E-state index in [1.165, 1.54) is 12.4 Å². The maximum atomic E-state index is 12.7. The van der Waals surface area contributed by atoms with Gasteiger partial charge in [-0.2, -0.15) is 18.2 Å². The molecule has 3 heterocycles. The highest BCUT2D eigenvalue weighted by Gasteiger charge is 2.74. The van der Waals surface area contributed by atoms with Crippen molar-refractivity contribution < 1.29 is 32.9 Å². The van der Waals surface area contributed by atoms with Crippen molar-refractivity contribution in [1.29, 1.82) is 0 Å². The smallest absolute Gasteiger partial charge is 0.405 e. The summed E-state index contributed by atoms with van der Waals surface area (Å²) >= 11 is 0. The van der Waals surface area contributed by atoms with Crippen molar-refractivity contribution in [2.75, 3.05) is 17.2 Å². The van der Waals surface area contributed by atoms with E-state index in [2.05, 4.69) is 30.6 Å². The van der Waals surface area contributed by atoms with Crippen LogP contribution in [0.2, 0.25) is 0 Å². The summed E-state index contributed by atoms with van der Waals surface area (Å²) < 4.78 is 43.7. The molecule has 0 aromatic carbocycles. The number of nitrogens with zero attached hydrogens (tertiary/aromatic N) is 4. The maximum absolute atomic E-state index is 12.7. The SMILES string of the molecule is Cc1nc(NCC(F)(F)F)nc(N[C@@H]2C[C@@H]3C(O)[C@]3(O)[C@H]2O)c1-c1nc2cnccc2o1. The molecule has 170 valence electrons. The van der Waals surface area contributed by atoms with Gasteiger partial charge in [0.1, 0.15) is 35.1 Å². The highest BCUT2D eigenvalue weighted by molar-refractivity contribution is 5.80. The second-order valence-corrected chi connectivity index (χ2v) is 8.06. The average molecular weight is 452 g/mol. The first-order valence-corrected chi connectivity index (χ1v) is 9.83. The topological polar surface area (TPSA) is 149 Å². The number of fused-ring (bicyclic) bond motifs is 2. The molecule has 0 radical (unpaired) electrons. The van der Waals surface area contributed by atoms with E-state index in [-0.39, 0.29) is 29.8 Å². The van der Waals surface area contributed by atoms with E-state index in [9.17, 15) is 28.5 Å². The monoisotopic (exact) mass is 452 g/mol. The molecule has 13 heteroatoms. The number of aliphatic hydroxyl groups excluding tert-OH is 2. The third-order valence-corrected chi connectivity index (χ3v) is 5.97. The summed E-state index contributed by atoms with van der Waals surface area (Å²) in [5, 5.41) is 35.8. The quantitative estimate of drug-likeness (QED) is 0.383. The van der Waals surface area contributed by atoms with E-state index in [4.69, 9.17) is 4.42 Å². The van der Waals surface area contributed by atoms with Gasteiger partial charge < -0.3 is 30.4 Å². The first-order valence-electron chi connectivity index (χ1n) is 9.83. The summed E-state index contributed by atoms with van der Waals surface area (Å²) in [6.45, 7) is 0.230. The van der Waals surface area contributed by atoms with Crippen LogP contribution in [0.3, 0.4) is 0 Å². The highest BCUT2D eigenvalue weighted by Crippen LogP contribution is 2.56. The summed E-state index contributed by atoms with van der Waals surface area (Å²) in [5.74, 6) is -0.586. The minimum absolute atomic E-state index is 0.0742. The number of anilines is 2. The van der Waals surface area contributed by atoms with Gasteiger partial charge in [-0.3, -0.25) is 4.98 Å². The first kappa shape index (κ1) is 20.8. The van der Waals surface area contributed by atoms with Crippen molar-refractivity contribution in [2.45, 2.75) is 43.4 Å². The average Bonchev–Trinajstić information content (AvgIpc) is 3.03. The summed E-state index contributed by atoms with van der Waals surface area (Å²) in [7, 11) is 0. The number of aliphatic hydroxyl groups is 3. The molecular weight excluding hydrogens is 433 g/mol. The van der Waals surface area contributed by atoms with Gasteiger partial charge in [0, 0.05) is 18.2 Å². The Morgan fingerprint density at radius 1 is 1.22 bits per heavy atom. The largest absolute Gasteiger partial charge is 0.436 e. The number of halogens is 3. The standard InChI is InChI=1S/C19H19F3N6O4/c1-7-12(16-27-10-5-23-3-2-11(10)32-16)15(28-17(25-7)24-6-18(20,21)22)26-9-4-8-13(29)19(8,31)14(9)30/h2-3,5,8-9,13-14,29-31H,4,6H2,1H3,(H2,24,25,26,28)/t8-,9-,13?,14+,19+/m1/s1. The van der Waals surface area contributed by atoms with E-state index in [0.717, 1.165) is 0 Å². The number of rotatable bonds is 5. The van der Waals surface area contributed by atoms with Gasteiger partial charge in [-0.05, 0) is 13.3 Å². The van der Waals surface area contributed by atoms with Crippen molar-refractivity contribution in [3.05, 3.63) is 24.2 Å². The molecular formula is C19H19F3N6O4. The fraction of sp³-hybridized carbons (Fsp3) is 0.474. The number of hydrogen-bond acceptors (Lipinski definition) is 10. The molecule has 0 bridgehead atoms. The third kappa shape index (κ3) is 3.32. The number of pyridine rings is 1. The van der Waals surface area contributed by atoms with Crippen LogP contribution in [0.4, 0.5) is 24.9 Å². The molecule has 2 aliphatic carbocycles. The van der Waals surface area contributed by atoms with Gasteiger partial charge in [0.25, 0.3) is 0 Å². The Balaban J connectivity index is 1.53. The molecule has 32 heavy (non-hydrogen) atoms. The Bertz CT molecular complexity index is 1150. The molecule has 5 rings (SSSR count). The number of aryl methyl sites for hydroxylation is 1. The number of nitrogens with one attached hydrogen (secondary N) is 2. The fourth-order valence-corrected chi connectivity index (χ4v) is 4.28. The van der Waals surface area contributed by atoms with Crippen LogP contribution in [-0.4, -0.2) is 71.8 Å². The molecule has 5 atom stereocenters. The Hall–Kier alpha value is -3.03. The summed E-state index contributed by atoms with van der Waals surface area (Å²) in [6, 6.07) is 0.905. The molecule has 2 saturated carbocycles. The molecule has 5 N–H and O–H groups in total. The van der Waals surface area contributed by atoms with Gasteiger partial charge in [0.05, 0.1) is 24.0 Å². The fourth-order valence-electron chi connectivity index (χ4n) is 4.28. The minimum Gasteiger partial charge on any atom is -0.436 e. The van der Waals surface area contributed by atoms with Gasteiger partial charge in [0.2, 0.25) is 11.8 Å². The number of hydrogen-bond donors (Lipinski definition) is 5. The highest BCUT2D eigenvalue weighted by atomic mass is 19.4. The van der Waals surface area contributed by atoms with Crippen LogP contribution in [-0.2, 0) is 0 Å². The third-order valence-electron chi connectivity index (χ3n) is 5.97. The number of aromatic nitrogens is 4. The van der Waals surface area contributed by atoms with Gasteiger partial charge in [-0.25, -0.2) is 9.97 Å². The lowest BCUT2D eigenvalue weighted by Gasteiger charge is -2.25. The molecule has 3 aromatic heterocycles. The van der Waals surface area contributed by atoms with Gasteiger partial charge in [-0.1, -0.05) is 0 Å². The van der Waals surface area contributed by atoms with E-state index < -0.39 is 42.5 Å². The van der Waals surface area contributed by atoms with Crippen molar-refractivity contribution in [1.82, 2.24) is 19.9 Å². The van der Waals surface area contributed by atoms with E-state index in [1.54, 1.807) is 13.0 Å². The van der Waals surface area contributed by atoms with Gasteiger partial charge in [-0.15, -0.1) is 0 Å².